The number of hydrogen-bond donors (Lipinski definition) is 6. The Hall–Kier alpha value is -1.62. The molecule has 0 amide bonds. The standard InChI is InChI=1S/C23H32N2O6S/c1-12(8-14-10-25(23(30)31)17-5-3-2-4-16(14)17)24-15-7-6-13(9-15)22-21(29)20(28)19(27)18(11-26)32-22/h2-5,10,12-13,15,18-22,24,26-29H,6-9,11H2,1H3,(H,30,31)/t12-,13?,15?,18-,19+,20+,21-,22+/m1/s1. The van der Waals surface area contributed by atoms with Gasteiger partial charge in [0.15, 0.2) is 0 Å². The van der Waals surface area contributed by atoms with Crippen LogP contribution in [0.1, 0.15) is 31.7 Å². The topological polar surface area (TPSA) is 135 Å². The third-order valence-corrected chi connectivity index (χ3v) is 8.67. The lowest BCUT2D eigenvalue weighted by Crippen LogP contribution is -2.55. The van der Waals surface area contributed by atoms with Crippen molar-refractivity contribution >= 4 is 28.8 Å². The summed E-state index contributed by atoms with van der Waals surface area (Å²) >= 11 is 1.38. The predicted molar refractivity (Wildman–Crippen MR) is 123 cm³/mol. The van der Waals surface area contributed by atoms with Gasteiger partial charge in [0, 0.05) is 28.9 Å². The number of benzene rings is 1. The predicted octanol–water partition coefficient (Wildman–Crippen LogP) is 1.42. The zero-order valence-corrected chi connectivity index (χ0v) is 18.9. The second-order valence-electron chi connectivity index (χ2n) is 9.16. The quantitative estimate of drug-likeness (QED) is 0.378. The summed E-state index contributed by atoms with van der Waals surface area (Å²) < 4.78 is 1.27. The number of hydrogen-bond acceptors (Lipinski definition) is 7. The maximum Gasteiger partial charge on any atom is 0.416 e. The van der Waals surface area contributed by atoms with Crippen LogP contribution < -0.4 is 5.32 Å². The fourth-order valence-electron chi connectivity index (χ4n) is 5.35. The lowest BCUT2D eigenvalue weighted by atomic mass is 9.92. The van der Waals surface area contributed by atoms with E-state index in [4.69, 9.17) is 0 Å². The van der Waals surface area contributed by atoms with E-state index < -0.39 is 29.7 Å². The summed E-state index contributed by atoms with van der Waals surface area (Å²) in [7, 11) is 0. The van der Waals surface area contributed by atoms with Gasteiger partial charge in [-0.2, -0.15) is 0 Å². The molecule has 2 heterocycles. The number of thioether (sulfide) groups is 1. The van der Waals surface area contributed by atoms with Crippen LogP contribution in [0.5, 0.6) is 0 Å². The molecule has 2 aliphatic rings. The highest BCUT2D eigenvalue weighted by atomic mass is 32.2. The van der Waals surface area contributed by atoms with Crippen molar-refractivity contribution in [1.29, 1.82) is 0 Å². The van der Waals surface area contributed by atoms with Crippen molar-refractivity contribution in [3.8, 4) is 0 Å². The minimum atomic E-state index is -1.24. The molecule has 1 saturated carbocycles. The molecule has 0 radical (unpaired) electrons. The molecular formula is C23H32N2O6S. The number of aromatic nitrogens is 1. The molecule has 1 saturated heterocycles. The number of nitrogens with one attached hydrogen (secondary N) is 1. The summed E-state index contributed by atoms with van der Waals surface area (Å²) in [5.74, 6) is 0.185. The number of fused-ring (bicyclic) bond motifs is 1. The summed E-state index contributed by atoms with van der Waals surface area (Å²) in [4.78, 5) is 11.6. The maximum absolute atomic E-state index is 11.6. The fourth-order valence-corrected chi connectivity index (χ4v) is 6.95. The highest BCUT2D eigenvalue weighted by Gasteiger charge is 2.47. The molecule has 1 aromatic heterocycles. The largest absolute Gasteiger partial charge is 0.464 e. The number of aliphatic hydroxyl groups is 4. The van der Waals surface area contributed by atoms with E-state index >= 15 is 0 Å². The van der Waals surface area contributed by atoms with Gasteiger partial charge in [-0.05, 0) is 50.2 Å². The van der Waals surface area contributed by atoms with Crippen LogP contribution in [-0.2, 0) is 6.42 Å². The first kappa shape index (κ1) is 23.5. The number of para-hydroxylation sites is 1. The minimum absolute atomic E-state index is 0.133. The van der Waals surface area contributed by atoms with Gasteiger partial charge in [0.25, 0.3) is 0 Å². The van der Waals surface area contributed by atoms with Gasteiger partial charge in [0.05, 0.1) is 29.6 Å². The number of aliphatic hydroxyl groups excluding tert-OH is 4. The van der Waals surface area contributed by atoms with Crippen molar-refractivity contribution < 1.29 is 30.3 Å². The van der Waals surface area contributed by atoms with Crippen LogP contribution >= 0.6 is 11.8 Å². The Balaban J connectivity index is 1.38. The van der Waals surface area contributed by atoms with Crippen LogP contribution in [0.25, 0.3) is 10.9 Å². The Morgan fingerprint density at radius 3 is 2.66 bits per heavy atom. The molecule has 2 aromatic rings. The average molecular weight is 465 g/mol. The van der Waals surface area contributed by atoms with Crippen LogP contribution in [0.3, 0.4) is 0 Å². The Morgan fingerprint density at radius 1 is 1.19 bits per heavy atom. The average Bonchev–Trinajstić information content (AvgIpc) is 3.37. The van der Waals surface area contributed by atoms with Crippen LogP contribution in [-0.4, -0.2) is 83.7 Å². The third kappa shape index (κ3) is 4.55. The zero-order valence-electron chi connectivity index (χ0n) is 18.0. The van der Waals surface area contributed by atoms with Gasteiger partial charge in [-0.1, -0.05) is 18.2 Å². The number of rotatable bonds is 6. The maximum atomic E-state index is 11.6. The monoisotopic (exact) mass is 464 g/mol. The summed E-state index contributed by atoms with van der Waals surface area (Å²) in [6, 6.07) is 7.89. The lowest BCUT2D eigenvalue weighted by molar-refractivity contribution is -0.0744. The van der Waals surface area contributed by atoms with E-state index in [1.54, 1.807) is 6.20 Å². The summed E-state index contributed by atoms with van der Waals surface area (Å²) in [6.45, 7) is 1.85. The SMILES string of the molecule is C[C@H](Cc1cn(C(=O)O)c2ccccc12)NC1CCC([C@@H]2S[C@H](CO)[C@H](O)[C@H](O)[C@H]2O)C1. The fraction of sp³-hybridized carbons (Fsp3) is 0.609. The van der Waals surface area contributed by atoms with Gasteiger partial charge >= 0.3 is 6.09 Å². The van der Waals surface area contributed by atoms with Gasteiger partial charge < -0.3 is 30.8 Å². The smallest absolute Gasteiger partial charge is 0.416 e. The highest BCUT2D eigenvalue weighted by Crippen LogP contribution is 2.42. The van der Waals surface area contributed by atoms with Crippen molar-refractivity contribution in [2.24, 2.45) is 5.92 Å². The van der Waals surface area contributed by atoms with Crippen molar-refractivity contribution in [2.75, 3.05) is 6.61 Å². The molecule has 32 heavy (non-hydrogen) atoms. The number of carbonyl (C=O) groups is 1. The molecule has 1 aliphatic heterocycles. The summed E-state index contributed by atoms with van der Waals surface area (Å²) in [5, 5.41) is 53.6. The molecule has 4 rings (SSSR count). The molecule has 8 atom stereocenters. The minimum Gasteiger partial charge on any atom is -0.464 e. The molecule has 9 heteroatoms. The van der Waals surface area contributed by atoms with Crippen molar-refractivity contribution in [3.05, 3.63) is 36.0 Å². The molecule has 176 valence electrons. The van der Waals surface area contributed by atoms with E-state index in [1.807, 2.05) is 24.3 Å². The highest BCUT2D eigenvalue weighted by molar-refractivity contribution is 8.00. The second-order valence-corrected chi connectivity index (χ2v) is 10.6. The lowest BCUT2D eigenvalue weighted by Gasteiger charge is -2.42. The van der Waals surface area contributed by atoms with Crippen LogP contribution in [0, 0.1) is 5.92 Å². The Bertz CT molecular complexity index is 950. The second kappa shape index (κ2) is 9.70. The van der Waals surface area contributed by atoms with E-state index in [1.165, 1.54) is 16.3 Å². The Kier molecular flexibility index (Phi) is 7.14. The number of nitrogens with zero attached hydrogens (tertiary/aromatic N) is 1. The van der Waals surface area contributed by atoms with E-state index in [0.29, 0.717) is 11.9 Å². The van der Waals surface area contributed by atoms with Gasteiger partial charge in [-0.3, -0.25) is 4.57 Å². The molecule has 8 nitrogen and oxygen atoms in total. The molecule has 1 aromatic carbocycles. The van der Waals surface area contributed by atoms with E-state index in [0.717, 1.165) is 30.2 Å². The molecule has 6 N–H and O–H groups in total. The van der Waals surface area contributed by atoms with Crippen molar-refractivity contribution in [2.45, 2.75) is 73.5 Å². The van der Waals surface area contributed by atoms with Gasteiger partial charge in [-0.25, -0.2) is 4.79 Å². The molecule has 2 fully saturated rings. The zero-order chi connectivity index (χ0) is 23.0. The van der Waals surface area contributed by atoms with E-state index in [9.17, 15) is 30.3 Å². The van der Waals surface area contributed by atoms with E-state index in [-0.39, 0.29) is 29.9 Å². The first-order valence-corrected chi connectivity index (χ1v) is 12.1. The van der Waals surface area contributed by atoms with Crippen molar-refractivity contribution in [1.82, 2.24) is 9.88 Å². The molecule has 0 spiro atoms. The van der Waals surface area contributed by atoms with Gasteiger partial charge in [0.1, 0.15) is 6.10 Å². The molecule has 2 unspecified atom stereocenters. The third-order valence-electron chi connectivity index (χ3n) is 6.91. The summed E-state index contributed by atoms with van der Waals surface area (Å²) in [5.41, 5.74) is 1.67. The first-order chi connectivity index (χ1) is 15.3. The normalized spacial score (nSPS) is 34.1. The Morgan fingerprint density at radius 2 is 1.94 bits per heavy atom. The van der Waals surface area contributed by atoms with Crippen LogP contribution in [0.2, 0.25) is 0 Å². The van der Waals surface area contributed by atoms with Gasteiger partial charge in [-0.15, -0.1) is 11.8 Å². The first-order valence-electron chi connectivity index (χ1n) is 11.2. The van der Waals surface area contributed by atoms with E-state index in [2.05, 4.69) is 12.2 Å². The van der Waals surface area contributed by atoms with Gasteiger partial charge in [0.2, 0.25) is 0 Å². The number of carboxylic acid groups (broad SMARTS) is 1. The Labute approximate surface area is 191 Å². The molecule has 1 aliphatic carbocycles. The summed E-state index contributed by atoms with van der Waals surface area (Å²) in [6.07, 6.45) is 0.702. The molecule has 0 bridgehead atoms. The van der Waals surface area contributed by atoms with Crippen LogP contribution in [0.15, 0.2) is 30.5 Å². The van der Waals surface area contributed by atoms with Crippen LogP contribution in [0.4, 0.5) is 4.79 Å². The van der Waals surface area contributed by atoms with Crippen molar-refractivity contribution in [3.63, 3.8) is 0 Å². The molecular weight excluding hydrogens is 432 g/mol.